The summed E-state index contributed by atoms with van der Waals surface area (Å²) in [5.41, 5.74) is 2.95. The smallest absolute Gasteiger partial charge is 0.269 e. The fourth-order valence-electron chi connectivity index (χ4n) is 2.27. The van der Waals surface area contributed by atoms with Gasteiger partial charge in [-0.2, -0.15) is 0 Å². The predicted octanol–water partition coefficient (Wildman–Crippen LogP) is 4.16. The number of rotatable bonds is 4. The zero-order chi connectivity index (χ0) is 16.2. The Morgan fingerprint density at radius 2 is 1.91 bits per heavy atom. The van der Waals surface area contributed by atoms with Crippen LogP contribution in [0.3, 0.4) is 0 Å². The van der Waals surface area contributed by atoms with E-state index in [-0.39, 0.29) is 11.7 Å². The number of benzene rings is 2. The third-order valence-corrected chi connectivity index (χ3v) is 4.18. The summed E-state index contributed by atoms with van der Waals surface area (Å²) in [6.45, 7) is 2.03. The van der Waals surface area contributed by atoms with Crippen LogP contribution in [0, 0.1) is 5.82 Å². The summed E-state index contributed by atoms with van der Waals surface area (Å²) >= 11 is 1.02. The van der Waals surface area contributed by atoms with Crippen LogP contribution in [-0.2, 0) is 6.42 Å². The van der Waals surface area contributed by atoms with Gasteiger partial charge in [0.25, 0.3) is 5.91 Å². The largest absolute Gasteiger partial charge is 0.321 e. The van der Waals surface area contributed by atoms with Crippen molar-refractivity contribution in [2.45, 2.75) is 13.3 Å². The van der Waals surface area contributed by atoms with Gasteiger partial charge in [0.05, 0.1) is 0 Å². The fourth-order valence-corrected chi connectivity index (χ4v) is 2.85. The summed E-state index contributed by atoms with van der Waals surface area (Å²) in [7, 11) is 0. The van der Waals surface area contributed by atoms with Crippen LogP contribution < -0.4 is 5.32 Å². The minimum atomic E-state index is -0.334. The molecular formula is C17H14FN3OS. The quantitative estimate of drug-likeness (QED) is 0.783. The van der Waals surface area contributed by atoms with Crippen LogP contribution in [-0.4, -0.2) is 15.5 Å². The molecule has 0 aliphatic heterocycles. The first-order chi connectivity index (χ1) is 11.2. The van der Waals surface area contributed by atoms with E-state index in [0.29, 0.717) is 16.1 Å². The van der Waals surface area contributed by atoms with Gasteiger partial charge in [0.2, 0.25) is 0 Å². The number of halogens is 1. The average molecular weight is 327 g/mol. The van der Waals surface area contributed by atoms with Crippen molar-refractivity contribution in [2.75, 3.05) is 5.32 Å². The van der Waals surface area contributed by atoms with Gasteiger partial charge in [-0.15, -0.1) is 5.10 Å². The molecule has 3 aromatic rings. The van der Waals surface area contributed by atoms with E-state index in [0.717, 1.165) is 29.2 Å². The number of aromatic nitrogens is 2. The molecule has 1 heterocycles. The van der Waals surface area contributed by atoms with Crippen molar-refractivity contribution < 1.29 is 9.18 Å². The van der Waals surface area contributed by atoms with Crippen molar-refractivity contribution in [2.24, 2.45) is 0 Å². The molecule has 1 aromatic heterocycles. The lowest BCUT2D eigenvalue weighted by Gasteiger charge is -2.09. The van der Waals surface area contributed by atoms with Crippen molar-refractivity contribution in [3.63, 3.8) is 0 Å². The van der Waals surface area contributed by atoms with Gasteiger partial charge < -0.3 is 5.32 Å². The van der Waals surface area contributed by atoms with Gasteiger partial charge in [-0.05, 0) is 53.8 Å². The van der Waals surface area contributed by atoms with E-state index in [1.807, 2.05) is 31.2 Å². The van der Waals surface area contributed by atoms with Crippen LogP contribution in [0.1, 0.15) is 22.2 Å². The fraction of sp³-hybridized carbons (Fsp3) is 0.118. The highest BCUT2D eigenvalue weighted by Gasteiger charge is 2.18. The molecule has 0 aliphatic rings. The molecule has 1 amide bonds. The molecule has 0 aliphatic carbocycles. The number of nitrogens with zero attached hydrogens (tertiary/aromatic N) is 2. The van der Waals surface area contributed by atoms with E-state index in [2.05, 4.69) is 14.9 Å². The Bertz CT molecular complexity index is 830. The predicted molar refractivity (Wildman–Crippen MR) is 89.1 cm³/mol. The SMILES string of the molecule is CCc1ccccc1NC(=O)c1snnc1-c1ccc(F)cc1. The minimum absolute atomic E-state index is 0.264. The highest BCUT2D eigenvalue weighted by Crippen LogP contribution is 2.25. The van der Waals surface area contributed by atoms with Gasteiger partial charge in [-0.1, -0.05) is 29.6 Å². The molecule has 0 bridgehead atoms. The van der Waals surface area contributed by atoms with Crippen LogP contribution in [0.15, 0.2) is 48.5 Å². The van der Waals surface area contributed by atoms with Crippen LogP contribution in [0.5, 0.6) is 0 Å². The van der Waals surface area contributed by atoms with Crippen LogP contribution in [0.2, 0.25) is 0 Å². The second-order valence-corrected chi connectivity index (χ2v) is 5.68. The Balaban J connectivity index is 1.89. The van der Waals surface area contributed by atoms with E-state index < -0.39 is 0 Å². The summed E-state index contributed by atoms with van der Waals surface area (Å²) in [4.78, 5) is 13.0. The molecule has 0 spiro atoms. The van der Waals surface area contributed by atoms with Gasteiger partial charge in [-0.3, -0.25) is 4.79 Å². The zero-order valence-corrected chi connectivity index (χ0v) is 13.2. The molecule has 4 nitrogen and oxygen atoms in total. The molecule has 6 heteroatoms. The maximum absolute atomic E-state index is 13.0. The molecule has 0 radical (unpaired) electrons. The summed E-state index contributed by atoms with van der Waals surface area (Å²) in [6, 6.07) is 13.5. The first-order valence-corrected chi connectivity index (χ1v) is 7.94. The lowest BCUT2D eigenvalue weighted by Crippen LogP contribution is -2.12. The van der Waals surface area contributed by atoms with E-state index >= 15 is 0 Å². The Hall–Kier alpha value is -2.60. The number of hydrogen-bond acceptors (Lipinski definition) is 4. The van der Waals surface area contributed by atoms with Gasteiger partial charge in [0.1, 0.15) is 16.4 Å². The molecule has 0 fully saturated rings. The number of anilines is 1. The van der Waals surface area contributed by atoms with E-state index in [9.17, 15) is 9.18 Å². The van der Waals surface area contributed by atoms with Crippen molar-refractivity contribution in [1.29, 1.82) is 0 Å². The minimum Gasteiger partial charge on any atom is -0.321 e. The molecule has 0 atom stereocenters. The second kappa shape index (κ2) is 6.66. The summed E-state index contributed by atoms with van der Waals surface area (Å²) in [6.07, 6.45) is 0.822. The lowest BCUT2D eigenvalue weighted by molar-refractivity contribution is 0.103. The third-order valence-electron chi connectivity index (χ3n) is 3.46. The Kier molecular flexibility index (Phi) is 4.43. The summed E-state index contributed by atoms with van der Waals surface area (Å²) in [5, 5.41) is 6.91. The van der Waals surface area contributed by atoms with Gasteiger partial charge >= 0.3 is 0 Å². The molecule has 2 aromatic carbocycles. The Morgan fingerprint density at radius 3 is 2.65 bits per heavy atom. The molecule has 0 unspecified atom stereocenters. The number of nitrogens with one attached hydrogen (secondary N) is 1. The molecule has 3 rings (SSSR count). The first kappa shape index (κ1) is 15.3. The lowest BCUT2D eigenvalue weighted by atomic mass is 10.1. The van der Waals surface area contributed by atoms with Crippen molar-refractivity contribution in [1.82, 2.24) is 9.59 Å². The Labute approximate surface area is 137 Å². The number of amides is 1. The maximum Gasteiger partial charge on any atom is 0.269 e. The highest BCUT2D eigenvalue weighted by atomic mass is 32.1. The number of carbonyl (C=O) groups is 1. The number of aryl methyl sites for hydroxylation is 1. The van der Waals surface area contributed by atoms with Crippen molar-refractivity contribution in [3.8, 4) is 11.3 Å². The zero-order valence-electron chi connectivity index (χ0n) is 12.4. The first-order valence-electron chi connectivity index (χ1n) is 7.16. The molecule has 0 saturated carbocycles. The van der Waals surface area contributed by atoms with Crippen LogP contribution >= 0.6 is 11.5 Å². The van der Waals surface area contributed by atoms with Crippen molar-refractivity contribution >= 4 is 23.1 Å². The number of carbonyl (C=O) groups excluding carboxylic acids is 1. The van der Waals surface area contributed by atoms with Crippen LogP contribution in [0.4, 0.5) is 10.1 Å². The second-order valence-electron chi connectivity index (χ2n) is 4.92. The normalized spacial score (nSPS) is 10.5. The average Bonchev–Trinajstić information content (AvgIpc) is 3.06. The Morgan fingerprint density at radius 1 is 1.17 bits per heavy atom. The highest BCUT2D eigenvalue weighted by molar-refractivity contribution is 7.08. The van der Waals surface area contributed by atoms with Gasteiger partial charge in [-0.25, -0.2) is 4.39 Å². The molecule has 116 valence electrons. The van der Waals surface area contributed by atoms with E-state index in [4.69, 9.17) is 0 Å². The number of para-hydroxylation sites is 1. The third kappa shape index (κ3) is 3.27. The van der Waals surface area contributed by atoms with E-state index in [1.165, 1.54) is 12.1 Å². The van der Waals surface area contributed by atoms with Gasteiger partial charge in [0, 0.05) is 11.3 Å². The standard InChI is InChI=1S/C17H14FN3OS/c1-2-11-5-3-4-6-14(11)19-17(22)16-15(20-21-23-16)12-7-9-13(18)10-8-12/h3-10H,2H2,1H3,(H,19,22). The van der Waals surface area contributed by atoms with E-state index in [1.54, 1.807) is 12.1 Å². The summed E-state index contributed by atoms with van der Waals surface area (Å²) < 4.78 is 16.9. The topological polar surface area (TPSA) is 54.9 Å². The molecule has 23 heavy (non-hydrogen) atoms. The molecular weight excluding hydrogens is 313 g/mol. The summed E-state index contributed by atoms with van der Waals surface area (Å²) in [5.74, 6) is -0.597. The monoisotopic (exact) mass is 327 g/mol. The molecule has 0 saturated heterocycles. The maximum atomic E-state index is 13.0. The van der Waals surface area contributed by atoms with Crippen molar-refractivity contribution in [3.05, 3.63) is 64.8 Å². The molecule has 1 N–H and O–H groups in total. The van der Waals surface area contributed by atoms with Gasteiger partial charge in [0.15, 0.2) is 0 Å². The number of hydrogen-bond donors (Lipinski definition) is 1. The van der Waals surface area contributed by atoms with Crippen LogP contribution in [0.25, 0.3) is 11.3 Å².